The Balaban J connectivity index is 1.72. The third kappa shape index (κ3) is 2.05. The van der Waals surface area contributed by atoms with Crippen LogP contribution in [0.15, 0.2) is 18.3 Å². The number of nitrogens with zero attached hydrogens (tertiary/aromatic N) is 2. The van der Waals surface area contributed by atoms with E-state index in [9.17, 15) is 0 Å². The van der Waals surface area contributed by atoms with E-state index < -0.39 is 0 Å². The first kappa shape index (κ1) is 10.1. The molecule has 2 heterocycles. The second-order valence-electron chi connectivity index (χ2n) is 5.06. The number of hydrogen-bond acceptors (Lipinski definition) is 3. The molecule has 1 aliphatic heterocycles. The maximum atomic E-state index is 5.99. The quantitative estimate of drug-likeness (QED) is 0.822. The normalized spacial score (nSPS) is 25.8. The van der Waals surface area contributed by atoms with Crippen molar-refractivity contribution in [3.05, 3.63) is 24.0 Å². The molecule has 86 valence electrons. The molecule has 3 heteroatoms. The van der Waals surface area contributed by atoms with Crippen LogP contribution in [0.25, 0.3) is 0 Å². The topological polar surface area (TPSA) is 42.1 Å². The lowest BCUT2D eigenvalue weighted by molar-refractivity contribution is 0.506. The van der Waals surface area contributed by atoms with E-state index >= 15 is 0 Å². The first-order valence-electron chi connectivity index (χ1n) is 6.29. The summed E-state index contributed by atoms with van der Waals surface area (Å²) >= 11 is 0. The summed E-state index contributed by atoms with van der Waals surface area (Å²) in [5, 5.41) is 0. The monoisotopic (exact) mass is 217 g/mol. The Kier molecular flexibility index (Phi) is 2.56. The second-order valence-corrected chi connectivity index (χ2v) is 5.06. The van der Waals surface area contributed by atoms with Gasteiger partial charge < -0.3 is 10.6 Å². The largest absolute Gasteiger partial charge is 0.369 e. The van der Waals surface area contributed by atoms with Crippen LogP contribution in [0.5, 0.6) is 0 Å². The van der Waals surface area contributed by atoms with E-state index in [4.69, 9.17) is 5.73 Å². The highest BCUT2D eigenvalue weighted by atomic mass is 15.2. The van der Waals surface area contributed by atoms with Crippen molar-refractivity contribution in [2.45, 2.75) is 37.6 Å². The van der Waals surface area contributed by atoms with Crippen molar-refractivity contribution in [1.82, 2.24) is 4.98 Å². The van der Waals surface area contributed by atoms with Gasteiger partial charge in [-0.15, -0.1) is 0 Å². The summed E-state index contributed by atoms with van der Waals surface area (Å²) in [6.07, 6.45) is 7.02. The van der Waals surface area contributed by atoms with Crippen LogP contribution in [0.4, 0.5) is 5.69 Å². The van der Waals surface area contributed by atoms with Crippen molar-refractivity contribution in [2.24, 2.45) is 5.73 Å². The zero-order chi connectivity index (χ0) is 11.0. The van der Waals surface area contributed by atoms with Crippen LogP contribution in [-0.4, -0.2) is 24.1 Å². The highest BCUT2D eigenvalue weighted by molar-refractivity contribution is 5.45. The molecule has 2 N–H and O–H groups in total. The van der Waals surface area contributed by atoms with E-state index in [2.05, 4.69) is 22.0 Å². The lowest BCUT2D eigenvalue weighted by Crippen LogP contribution is -2.42. The van der Waals surface area contributed by atoms with Gasteiger partial charge in [0, 0.05) is 30.7 Å². The Bertz CT molecular complexity index is 356. The third-order valence-electron chi connectivity index (χ3n) is 3.59. The average molecular weight is 217 g/mol. The van der Waals surface area contributed by atoms with Crippen LogP contribution >= 0.6 is 0 Å². The van der Waals surface area contributed by atoms with Gasteiger partial charge in [0.05, 0.1) is 11.9 Å². The molecule has 3 rings (SSSR count). The highest BCUT2D eigenvalue weighted by Gasteiger charge is 2.25. The van der Waals surface area contributed by atoms with Gasteiger partial charge in [0.1, 0.15) is 0 Å². The minimum atomic E-state index is 0.330. The Labute approximate surface area is 96.7 Å². The molecule has 0 unspecified atom stereocenters. The summed E-state index contributed by atoms with van der Waals surface area (Å²) in [5.41, 5.74) is 8.49. The van der Waals surface area contributed by atoms with E-state index in [0.29, 0.717) is 6.04 Å². The lowest BCUT2D eigenvalue weighted by atomic mass is 10.1. The molecule has 16 heavy (non-hydrogen) atoms. The Hall–Kier alpha value is -1.09. The molecule has 2 aliphatic rings. The molecule has 0 bridgehead atoms. The van der Waals surface area contributed by atoms with Crippen LogP contribution in [0.2, 0.25) is 0 Å². The van der Waals surface area contributed by atoms with E-state index in [-0.39, 0.29) is 0 Å². The van der Waals surface area contributed by atoms with Gasteiger partial charge in [-0.05, 0) is 37.8 Å². The van der Waals surface area contributed by atoms with E-state index in [0.717, 1.165) is 25.4 Å². The molecule has 0 spiro atoms. The smallest absolute Gasteiger partial charge is 0.0553 e. The SMILES string of the molecule is N[C@H]1CCCN(c2ccc(C3CC3)nc2)C1. The second kappa shape index (κ2) is 4.06. The number of anilines is 1. The predicted octanol–water partition coefficient (Wildman–Crippen LogP) is 1.89. The number of aromatic nitrogens is 1. The number of nitrogens with two attached hydrogens (primary N) is 1. The number of rotatable bonds is 2. The Morgan fingerprint density at radius 1 is 1.25 bits per heavy atom. The summed E-state index contributed by atoms with van der Waals surface area (Å²) < 4.78 is 0. The summed E-state index contributed by atoms with van der Waals surface area (Å²) in [6, 6.07) is 4.73. The molecule has 0 aromatic carbocycles. The third-order valence-corrected chi connectivity index (χ3v) is 3.59. The fraction of sp³-hybridized carbons (Fsp3) is 0.615. The predicted molar refractivity (Wildman–Crippen MR) is 65.6 cm³/mol. The van der Waals surface area contributed by atoms with Gasteiger partial charge in [-0.1, -0.05) is 0 Å². The van der Waals surface area contributed by atoms with Gasteiger partial charge in [-0.2, -0.15) is 0 Å². The number of hydrogen-bond donors (Lipinski definition) is 1. The maximum Gasteiger partial charge on any atom is 0.0553 e. The Morgan fingerprint density at radius 3 is 2.75 bits per heavy atom. The minimum absolute atomic E-state index is 0.330. The average Bonchev–Trinajstić information content (AvgIpc) is 3.13. The summed E-state index contributed by atoms with van der Waals surface area (Å²) in [7, 11) is 0. The molecule has 2 fully saturated rings. The van der Waals surface area contributed by atoms with Gasteiger partial charge in [-0.25, -0.2) is 0 Å². The van der Waals surface area contributed by atoms with Crippen molar-refractivity contribution < 1.29 is 0 Å². The zero-order valence-corrected chi connectivity index (χ0v) is 9.60. The summed E-state index contributed by atoms with van der Waals surface area (Å²) in [4.78, 5) is 6.92. The molecule has 1 saturated heterocycles. The Morgan fingerprint density at radius 2 is 2.12 bits per heavy atom. The van der Waals surface area contributed by atoms with Crippen molar-refractivity contribution in [1.29, 1.82) is 0 Å². The van der Waals surface area contributed by atoms with Crippen LogP contribution in [-0.2, 0) is 0 Å². The molecule has 1 aliphatic carbocycles. The molecule has 0 amide bonds. The standard InChI is InChI=1S/C13H19N3/c14-11-2-1-7-16(9-11)12-5-6-13(15-8-12)10-3-4-10/h5-6,8,10-11H,1-4,7,9,14H2/t11-/m0/s1. The van der Waals surface area contributed by atoms with Crippen molar-refractivity contribution in [3.8, 4) is 0 Å². The molecule has 0 radical (unpaired) electrons. The molecule has 3 nitrogen and oxygen atoms in total. The van der Waals surface area contributed by atoms with Gasteiger partial charge >= 0.3 is 0 Å². The van der Waals surface area contributed by atoms with Gasteiger partial charge in [0.25, 0.3) is 0 Å². The summed E-state index contributed by atoms with van der Waals surface area (Å²) in [6.45, 7) is 2.10. The summed E-state index contributed by atoms with van der Waals surface area (Å²) in [5.74, 6) is 0.748. The van der Waals surface area contributed by atoms with Crippen LogP contribution in [0.1, 0.15) is 37.3 Å². The maximum absolute atomic E-state index is 5.99. The first-order valence-corrected chi connectivity index (χ1v) is 6.29. The van der Waals surface area contributed by atoms with Gasteiger partial charge in [0.15, 0.2) is 0 Å². The van der Waals surface area contributed by atoms with Crippen molar-refractivity contribution in [2.75, 3.05) is 18.0 Å². The minimum Gasteiger partial charge on any atom is -0.369 e. The molecular formula is C13H19N3. The number of pyridine rings is 1. The first-order chi connectivity index (χ1) is 7.83. The molecule has 1 saturated carbocycles. The highest BCUT2D eigenvalue weighted by Crippen LogP contribution is 2.39. The van der Waals surface area contributed by atoms with E-state index in [1.54, 1.807) is 0 Å². The van der Waals surface area contributed by atoms with Crippen molar-refractivity contribution in [3.63, 3.8) is 0 Å². The van der Waals surface area contributed by atoms with Crippen LogP contribution in [0.3, 0.4) is 0 Å². The van der Waals surface area contributed by atoms with E-state index in [1.165, 1.54) is 30.6 Å². The van der Waals surface area contributed by atoms with Gasteiger partial charge in [-0.3, -0.25) is 4.98 Å². The fourth-order valence-electron chi connectivity index (χ4n) is 2.45. The lowest BCUT2D eigenvalue weighted by Gasteiger charge is -2.32. The molecular weight excluding hydrogens is 198 g/mol. The van der Waals surface area contributed by atoms with Crippen molar-refractivity contribution >= 4 is 5.69 Å². The molecule has 1 atom stereocenters. The fourth-order valence-corrected chi connectivity index (χ4v) is 2.45. The van der Waals surface area contributed by atoms with Crippen LogP contribution < -0.4 is 10.6 Å². The number of piperidine rings is 1. The van der Waals surface area contributed by atoms with Gasteiger partial charge in [0.2, 0.25) is 0 Å². The van der Waals surface area contributed by atoms with E-state index in [1.807, 2.05) is 6.20 Å². The zero-order valence-electron chi connectivity index (χ0n) is 9.60. The molecule has 1 aromatic rings. The van der Waals surface area contributed by atoms with Crippen LogP contribution in [0, 0.1) is 0 Å². The molecule has 1 aromatic heterocycles.